The van der Waals surface area contributed by atoms with E-state index in [0.29, 0.717) is 12.1 Å². The van der Waals surface area contributed by atoms with Crippen LogP contribution in [0.15, 0.2) is 71.3 Å². The van der Waals surface area contributed by atoms with Gasteiger partial charge in [-0.2, -0.15) is 0 Å². The minimum atomic E-state index is -3.68. The molecule has 8 nitrogen and oxygen atoms in total. The lowest BCUT2D eigenvalue weighted by atomic mass is 10.2. The maximum Gasteiger partial charge on any atom is 0.354 e. The van der Waals surface area contributed by atoms with Gasteiger partial charge < -0.3 is 14.8 Å². The van der Waals surface area contributed by atoms with E-state index in [9.17, 15) is 18.0 Å². The molecule has 0 aliphatic carbocycles. The molecule has 9 heteroatoms. The molecular formula is C20H22N2O6S. The average Bonchev–Trinajstić information content (AvgIpc) is 2.73. The molecule has 0 aromatic heterocycles. The minimum Gasteiger partial charge on any atom is -0.466 e. The smallest absolute Gasteiger partial charge is 0.354 e. The number of rotatable bonds is 9. The summed E-state index contributed by atoms with van der Waals surface area (Å²) < 4.78 is 36.5. The maximum absolute atomic E-state index is 12.4. The van der Waals surface area contributed by atoms with E-state index >= 15 is 0 Å². The second-order valence-corrected chi connectivity index (χ2v) is 7.62. The van der Waals surface area contributed by atoms with Crippen molar-refractivity contribution in [1.82, 2.24) is 4.72 Å². The monoisotopic (exact) mass is 418 g/mol. The third-order valence-electron chi connectivity index (χ3n) is 3.86. The number of carbonyl (C=O) groups excluding carboxylic acids is 2. The van der Waals surface area contributed by atoms with Crippen molar-refractivity contribution in [3.8, 4) is 0 Å². The molecule has 0 aliphatic rings. The van der Waals surface area contributed by atoms with E-state index in [1.165, 1.54) is 38.5 Å². The molecule has 0 heterocycles. The number of methoxy groups -OCH3 is 2. The van der Waals surface area contributed by atoms with E-state index in [1.807, 2.05) is 30.3 Å². The molecule has 0 amide bonds. The Hall–Kier alpha value is -3.17. The molecule has 0 radical (unpaired) electrons. The Balaban J connectivity index is 2.04. The lowest BCUT2D eigenvalue weighted by Gasteiger charge is -2.11. The first-order chi connectivity index (χ1) is 13.9. The van der Waals surface area contributed by atoms with Gasteiger partial charge in [-0.25, -0.2) is 22.7 Å². The van der Waals surface area contributed by atoms with Gasteiger partial charge in [-0.3, -0.25) is 0 Å². The first-order valence-corrected chi connectivity index (χ1v) is 10.1. The molecule has 0 saturated heterocycles. The van der Waals surface area contributed by atoms with Crippen molar-refractivity contribution in [2.24, 2.45) is 0 Å². The van der Waals surface area contributed by atoms with Crippen molar-refractivity contribution in [3.63, 3.8) is 0 Å². The fraction of sp³-hybridized carbons (Fsp3) is 0.200. The number of anilines is 1. The van der Waals surface area contributed by atoms with Crippen LogP contribution in [-0.2, 0) is 35.5 Å². The first kappa shape index (κ1) is 22.1. The highest BCUT2D eigenvalue weighted by molar-refractivity contribution is 7.89. The number of sulfonamides is 1. The van der Waals surface area contributed by atoms with Gasteiger partial charge in [0.2, 0.25) is 10.0 Å². The summed E-state index contributed by atoms with van der Waals surface area (Å²) in [6, 6.07) is 15.3. The summed E-state index contributed by atoms with van der Waals surface area (Å²) in [4.78, 5) is 23.2. The van der Waals surface area contributed by atoms with Crippen molar-refractivity contribution >= 4 is 27.6 Å². The van der Waals surface area contributed by atoms with Gasteiger partial charge in [-0.15, -0.1) is 0 Å². The zero-order valence-electron chi connectivity index (χ0n) is 16.0. The number of hydrogen-bond donors (Lipinski definition) is 2. The fourth-order valence-electron chi connectivity index (χ4n) is 2.36. The summed E-state index contributed by atoms with van der Waals surface area (Å²) in [7, 11) is -1.33. The van der Waals surface area contributed by atoms with Crippen molar-refractivity contribution < 1.29 is 27.5 Å². The second-order valence-electron chi connectivity index (χ2n) is 5.86. The average molecular weight is 418 g/mol. The van der Waals surface area contributed by atoms with Crippen LogP contribution in [0.25, 0.3) is 0 Å². The van der Waals surface area contributed by atoms with E-state index in [0.717, 1.165) is 11.6 Å². The molecule has 29 heavy (non-hydrogen) atoms. The summed E-state index contributed by atoms with van der Waals surface area (Å²) >= 11 is 0. The third-order valence-corrected chi connectivity index (χ3v) is 5.34. The number of carbonyl (C=O) groups is 2. The minimum absolute atomic E-state index is 0.0766. The van der Waals surface area contributed by atoms with Crippen LogP contribution in [0.3, 0.4) is 0 Å². The summed E-state index contributed by atoms with van der Waals surface area (Å²) in [5.74, 6) is -1.51. The largest absolute Gasteiger partial charge is 0.466 e. The summed E-state index contributed by atoms with van der Waals surface area (Å²) in [5.41, 5.74) is 1.28. The van der Waals surface area contributed by atoms with Gasteiger partial charge in [0.05, 0.1) is 25.2 Å². The Labute approximate surface area is 169 Å². The molecular weight excluding hydrogens is 396 g/mol. The van der Waals surface area contributed by atoms with E-state index in [-0.39, 0.29) is 17.1 Å². The Bertz CT molecular complexity index is 970. The van der Waals surface area contributed by atoms with Gasteiger partial charge in [0.15, 0.2) is 0 Å². The zero-order valence-corrected chi connectivity index (χ0v) is 16.9. The van der Waals surface area contributed by atoms with Gasteiger partial charge in [0, 0.05) is 12.2 Å². The Morgan fingerprint density at radius 3 is 2.21 bits per heavy atom. The predicted octanol–water partition coefficient (Wildman–Crippen LogP) is 1.85. The molecule has 0 unspecified atom stereocenters. The lowest BCUT2D eigenvalue weighted by molar-refractivity contribution is -0.138. The van der Waals surface area contributed by atoms with Gasteiger partial charge in [0.25, 0.3) is 0 Å². The van der Waals surface area contributed by atoms with E-state index < -0.39 is 22.0 Å². The highest BCUT2D eigenvalue weighted by Gasteiger charge is 2.15. The molecule has 0 fully saturated rings. The molecule has 2 aromatic rings. The summed E-state index contributed by atoms with van der Waals surface area (Å²) in [6.45, 7) is 0.265. The SMILES string of the molecule is COC(=O)/C=C(/Nc1ccc(S(=O)(=O)NCCc2ccccc2)cc1)C(=O)OC. The summed E-state index contributed by atoms with van der Waals surface area (Å²) in [5, 5.41) is 2.71. The van der Waals surface area contributed by atoms with Crippen LogP contribution in [-0.4, -0.2) is 41.1 Å². The van der Waals surface area contributed by atoms with Crippen molar-refractivity contribution in [3.05, 3.63) is 71.9 Å². The van der Waals surface area contributed by atoms with Crippen LogP contribution in [0.1, 0.15) is 5.56 Å². The second kappa shape index (κ2) is 10.4. The standard InChI is InChI=1S/C20H22N2O6S/c1-27-19(23)14-18(20(24)28-2)22-16-8-10-17(11-9-16)29(25,26)21-13-12-15-6-4-3-5-7-15/h3-11,14,21-22H,12-13H2,1-2H3/b18-14+. The van der Waals surface area contributed by atoms with Crippen LogP contribution in [0.4, 0.5) is 5.69 Å². The van der Waals surface area contributed by atoms with Crippen molar-refractivity contribution in [2.45, 2.75) is 11.3 Å². The molecule has 0 atom stereocenters. The molecule has 2 rings (SSSR count). The van der Waals surface area contributed by atoms with Crippen LogP contribution in [0.2, 0.25) is 0 Å². The lowest BCUT2D eigenvalue weighted by Crippen LogP contribution is -2.26. The Morgan fingerprint density at radius 1 is 0.966 bits per heavy atom. The van der Waals surface area contributed by atoms with Gasteiger partial charge in [-0.1, -0.05) is 30.3 Å². The number of ether oxygens (including phenoxy) is 2. The highest BCUT2D eigenvalue weighted by atomic mass is 32.2. The van der Waals surface area contributed by atoms with Crippen LogP contribution < -0.4 is 10.0 Å². The molecule has 0 saturated carbocycles. The van der Waals surface area contributed by atoms with E-state index in [1.54, 1.807) is 0 Å². The normalized spacial score (nSPS) is 11.6. The van der Waals surface area contributed by atoms with E-state index in [2.05, 4.69) is 19.5 Å². The van der Waals surface area contributed by atoms with Gasteiger partial charge in [0.1, 0.15) is 5.70 Å². The number of benzene rings is 2. The predicted molar refractivity (Wildman–Crippen MR) is 108 cm³/mol. The Kier molecular flexibility index (Phi) is 7.93. The fourth-order valence-corrected chi connectivity index (χ4v) is 3.40. The third kappa shape index (κ3) is 6.74. The van der Waals surface area contributed by atoms with E-state index in [4.69, 9.17) is 0 Å². The first-order valence-electron chi connectivity index (χ1n) is 8.64. The zero-order chi connectivity index (χ0) is 21.3. The quantitative estimate of drug-likeness (QED) is 0.472. The molecule has 0 bridgehead atoms. The van der Waals surface area contributed by atoms with Crippen molar-refractivity contribution in [2.75, 3.05) is 26.1 Å². The van der Waals surface area contributed by atoms with Gasteiger partial charge in [-0.05, 0) is 36.2 Å². The van der Waals surface area contributed by atoms with Crippen LogP contribution >= 0.6 is 0 Å². The maximum atomic E-state index is 12.4. The Morgan fingerprint density at radius 2 is 1.62 bits per heavy atom. The molecule has 154 valence electrons. The number of nitrogens with one attached hydrogen (secondary N) is 2. The summed E-state index contributed by atoms with van der Waals surface area (Å²) in [6.07, 6.45) is 1.52. The van der Waals surface area contributed by atoms with Gasteiger partial charge >= 0.3 is 11.9 Å². The van der Waals surface area contributed by atoms with Crippen LogP contribution in [0.5, 0.6) is 0 Å². The van der Waals surface area contributed by atoms with Crippen molar-refractivity contribution in [1.29, 1.82) is 0 Å². The molecule has 0 spiro atoms. The molecule has 0 aliphatic heterocycles. The van der Waals surface area contributed by atoms with Crippen LogP contribution in [0, 0.1) is 0 Å². The number of hydrogen-bond acceptors (Lipinski definition) is 7. The molecule has 2 aromatic carbocycles. The number of esters is 2. The highest BCUT2D eigenvalue weighted by Crippen LogP contribution is 2.16. The topological polar surface area (TPSA) is 111 Å². The molecule has 2 N–H and O–H groups in total.